The topological polar surface area (TPSA) is 123 Å². The number of nitrogens with one attached hydrogen (secondary N) is 1. The van der Waals surface area contributed by atoms with Crippen LogP contribution in [0.3, 0.4) is 0 Å². The maximum absolute atomic E-state index is 12.8. The van der Waals surface area contributed by atoms with Crippen LogP contribution in [0, 0.1) is 24.0 Å². The average molecular weight is 512 g/mol. The van der Waals surface area contributed by atoms with E-state index in [0.29, 0.717) is 28.8 Å². The Balaban J connectivity index is 1.47. The summed E-state index contributed by atoms with van der Waals surface area (Å²) in [6.07, 6.45) is 1.39. The number of anilines is 1. The molecule has 3 amide bonds. The summed E-state index contributed by atoms with van der Waals surface area (Å²) in [5.41, 5.74) is 2.69. The number of hydrogen-bond acceptors (Lipinski definition) is 7. The van der Waals surface area contributed by atoms with Gasteiger partial charge in [0.2, 0.25) is 5.91 Å². The Morgan fingerprint density at radius 2 is 1.94 bits per heavy atom. The number of carbonyl (C=O) groups is 3. The summed E-state index contributed by atoms with van der Waals surface area (Å²) in [5.74, 6) is -0.521. The lowest BCUT2D eigenvalue weighted by Gasteiger charge is -2.13. The molecule has 1 aliphatic heterocycles. The quantitative estimate of drug-likeness (QED) is 0.252. The number of nitro benzene ring substituents is 1. The Labute approximate surface area is 208 Å². The third-order valence-corrected chi connectivity index (χ3v) is 6.39. The van der Waals surface area contributed by atoms with Gasteiger partial charge in [0, 0.05) is 23.4 Å². The van der Waals surface area contributed by atoms with Gasteiger partial charge >= 0.3 is 0 Å². The van der Waals surface area contributed by atoms with Crippen molar-refractivity contribution in [2.45, 2.75) is 13.8 Å². The van der Waals surface area contributed by atoms with Crippen LogP contribution in [-0.4, -0.2) is 33.4 Å². The van der Waals surface area contributed by atoms with Gasteiger partial charge in [0.15, 0.2) is 0 Å². The molecule has 0 aliphatic carbocycles. The monoisotopic (exact) mass is 511 g/mol. The fraction of sp³-hybridized carbons (Fsp3) is 0.125. The summed E-state index contributed by atoms with van der Waals surface area (Å²) >= 11 is 6.54. The second kappa shape index (κ2) is 9.77. The van der Waals surface area contributed by atoms with E-state index in [-0.39, 0.29) is 21.4 Å². The summed E-state index contributed by atoms with van der Waals surface area (Å²) in [4.78, 5) is 49.1. The first kappa shape index (κ1) is 24.2. The van der Waals surface area contributed by atoms with Crippen molar-refractivity contribution in [3.63, 3.8) is 0 Å². The van der Waals surface area contributed by atoms with Gasteiger partial charge in [-0.3, -0.25) is 29.4 Å². The van der Waals surface area contributed by atoms with Crippen molar-refractivity contribution in [3.8, 4) is 11.3 Å². The van der Waals surface area contributed by atoms with Crippen LogP contribution in [0.25, 0.3) is 17.4 Å². The number of thioether (sulfide) groups is 1. The molecule has 1 aliphatic rings. The van der Waals surface area contributed by atoms with E-state index in [1.807, 2.05) is 26.0 Å². The van der Waals surface area contributed by atoms with Crippen molar-refractivity contribution < 1.29 is 23.7 Å². The van der Waals surface area contributed by atoms with Crippen LogP contribution in [0.4, 0.5) is 16.2 Å². The Hall–Kier alpha value is -3.89. The van der Waals surface area contributed by atoms with Crippen LogP contribution in [0.2, 0.25) is 5.02 Å². The van der Waals surface area contributed by atoms with Crippen molar-refractivity contribution in [2.75, 3.05) is 11.9 Å². The number of amides is 3. The highest BCUT2D eigenvalue weighted by molar-refractivity contribution is 8.18. The van der Waals surface area contributed by atoms with Crippen molar-refractivity contribution in [1.82, 2.24) is 4.90 Å². The molecule has 1 saturated heterocycles. The lowest BCUT2D eigenvalue weighted by atomic mass is 10.1. The van der Waals surface area contributed by atoms with Crippen molar-refractivity contribution >= 4 is 57.9 Å². The minimum atomic E-state index is -0.615. The molecule has 11 heteroatoms. The first-order valence-electron chi connectivity index (χ1n) is 10.3. The molecule has 0 atom stereocenters. The van der Waals surface area contributed by atoms with Gasteiger partial charge in [0.1, 0.15) is 23.1 Å². The van der Waals surface area contributed by atoms with Gasteiger partial charge in [0.05, 0.1) is 9.83 Å². The number of furan rings is 1. The van der Waals surface area contributed by atoms with E-state index in [9.17, 15) is 24.5 Å². The summed E-state index contributed by atoms with van der Waals surface area (Å²) in [7, 11) is 0. The molecule has 2 aromatic carbocycles. The highest BCUT2D eigenvalue weighted by atomic mass is 35.5. The van der Waals surface area contributed by atoms with E-state index in [2.05, 4.69) is 5.32 Å². The van der Waals surface area contributed by atoms with Crippen LogP contribution in [-0.2, 0) is 9.59 Å². The SMILES string of the molecule is Cc1ccc(NC(=O)CN2C(=O)S/C(=C/c3ccc(-c4ccc(Cl)c([N+](=O)[O-])c4)o3)C2=O)c(C)c1. The molecule has 0 unspecified atom stereocenters. The predicted molar refractivity (Wildman–Crippen MR) is 133 cm³/mol. The molecule has 2 heterocycles. The number of rotatable bonds is 6. The Morgan fingerprint density at radius 3 is 2.66 bits per heavy atom. The number of nitrogens with zero attached hydrogens (tertiary/aromatic N) is 2. The van der Waals surface area contributed by atoms with E-state index in [0.717, 1.165) is 16.0 Å². The average Bonchev–Trinajstić information content (AvgIpc) is 3.36. The van der Waals surface area contributed by atoms with Gasteiger partial charge in [-0.2, -0.15) is 0 Å². The molecule has 0 spiro atoms. The minimum Gasteiger partial charge on any atom is -0.457 e. The fourth-order valence-electron chi connectivity index (χ4n) is 3.44. The molecule has 1 fully saturated rings. The second-order valence-corrected chi connectivity index (χ2v) is 9.16. The van der Waals surface area contributed by atoms with Crippen LogP contribution in [0.5, 0.6) is 0 Å². The summed E-state index contributed by atoms with van der Waals surface area (Å²) in [6, 6.07) is 12.9. The molecular weight excluding hydrogens is 494 g/mol. The number of aryl methyl sites for hydroxylation is 2. The molecule has 1 aromatic heterocycles. The molecule has 178 valence electrons. The lowest BCUT2D eigenvalue weighted by Crippen LogP contribution is -2.36. The Morgan fingerprint density at radius 1 is 1.17 bits per heavy atom. The van der Waals surface area contributed by atoms with Gasteiger partial charge in [-0.15, -0.1) is 0 Å². The molecule has 1 N–H and O–H groups in total. The zero-order chi connectivity index (χ0) is 25.3. The molecule has 0 bridgehead atoms. The van der Waals surface area contributed by atoms with E-state index in [1.54, 1.807) is 24.3 Å². The second-order valence-electron chi connectivity index (χ2n) is 7.76. The number of halogens is 1. The van der Waals surface area contributed by atoms with Crippen molar-refractivity contribution in [1.29, 1.82) is 0 Å². The van der Waals surface area contributed by atoms with E-state index >= 15 is 0 Å². The van der Waals surface area contributed by atoms with Crippen LogP contribution < -0.4 is 5.32 Å². The van der Waals surface area contributed by atoms with E-state index < -0.39 is 28.5 Å². The largest absolute Gasteiger partial charge is 0.457 e. The maximum atomic E-state index is 12.8. The van der Waals surface area contributed by atoms with E-state index in [4.69, 9.17) is 16.0 Å². The molecule has 4 rings (SSSR count). The van der Waals surface area contributed by atoms with Gasteiger partial charge < -0.3 is 9.73 Å². The Bertz CT molecular complexity index is 1410. The lowest BCUT2D eigenvalue weighted by molar-refractivity contribution is -0.384. The summed E-state index contributed by atoms with van der Waals surface area (Å²) in [5, 5.41) is 13.3. The van der Waals surface area contributed by atoms with Gasteiger partial charge in [-0.25, -0.2) is 0 Å². The minimum absolute atomic E-state index is 0.000722. The summed E-state index contributed by atoms with van der Waals surface area (Å²) < 4.78 is 5.69. The highest BCUT2D eigenvalue weighted by Crippen LogP contribution is 2.35. The van der Waals surface area contributed by atoms with Crippen LogP contribution in [0.15, 0.2) is 57.9 Å². The number of imide groups is 1. The molecule has 0 saturated carbocycles. The van der Waals surface area contributed by atoms with Crippen molar-refractivity contribution in [3.05, 3.63) is 85.5 Å². The summed E-state index contributed by atoms with van der Waals surface area (Å²) in [6.45, 7) is 3.37. The Kier molecular flexibility index (Phi) is 6.77. The number of nitro groups is 1. The first-order chi connectivity index (χ1) is 16.6. The third-order valence-electron chi connectivity index (χ3n) is 5.16. The maximum Gasteiger partial charge on any atom is 0.294 e. The fourth-order valence-corrected chi connectivity index (χ4v) is 4.45. The zero-order valence-corrected chi connectivity index (χ0v) is 20.1. The highest BCUT2D eigenvalue weighted by Gasteiger charge is 2.36. The van der Waals surface area contributed by atoms with Crippen LogP contribution >= 0.6 is 23.4 Å². The van der Waals surface area contributed by atoms with Crippen LogP contribution in [0.1, 0.15) is 16.9 Å². The van der Waals surface area contributed by atoms with Gasteiger partial charge in [0.25, 0.3) is 16.8 Å². The third kappa shape index (κ3) is 5.28. The predicted octanol–water partition coefficient (Wildman–Crippen LogP) is 5.80. The normalized spacial score (nSPS) is 14.6. The first-order valence-corrected chi connectivity index (χ1v) is 11.5. The number of benzene rings is 2. The molecular formula is C24H18ClN3O6S. The smallest absolute Gasteiger partial charge is 0.294 e. The van der Waals surface area contributed by atoms with Gasteiger partial charge in [-0.05, 0) is 61.5 Å². The van der Waals surface area contributed by atoms with Gasteiger partial charge in [-0.1, -0.05) is 29.3 Å². The molecule has 3 aromatic rings. The number of carbonyl (C=O) groups excluding carboxylic acids is 3. The van der Waals surface area contributed by atoms with Crippen molar-refractivity contribution in [2.24, 2.45) is 0 Å². The molecule has 0 radical (unpaired) electrons. The zero-order valence-electron chi connectivity index (χ0n) is 18.5. The number of hydrogen-bond donors (Lipinski definition) is 1. The molecule has 9 nitrogen and oxygen atoms in total. The molecule has 35 heavy (non-hydrogen) atoms. The standard InChI is InChI=1S/C24H18ClN3O6S/c1-13-3-7-18(14(2)9-13)26-22(29)12-27-23(30)21(35-24(27)31)11-16-5-8-20(34-16)15-4-6-17(25)19(10-15)28(32)33/h3-11H,12H2,1-2H3,(H,26,29)/b21-11+. The van der Waals surface area contributed by atoms with E-state index in [1.165, 1.54) is 18.2 Å².